The van der Waals surface area contributed by atoms with Gasteiger partial charge in [0.25, 0.3) is 0 Å². The van der Waals surface area contributed by atoms with Crippen molar-refractivity contribution in [1.29, 1.82) is 0 Å². The average Bonchev–Trinajstić information content (AvgIpc) is 3.36. The number of rotatable bonds is 11. The summed E-state index contributed by atoms with van der Waals surface area (Å²) in [6, 6.07) is 0. The number of thiazole rings is 2. The van der Waals surface area contributed by atoms with Crippen LogP contribution in [0.4, 0.5) is 11.6 Å². The summed E-state index contributed by atoms with van der Waals surface area (Å²) in [5.74, 6) is 2.41. The second kappa shape index (κ2) is 12.9. The van der Waals surface area contributed by atoms with Crippen molar-refractivity contribution < 1.29 is 24.4 Å². The van der Waals surface area contributed by atoms with Crippen LogP contribution in [-0.4, -0.2) is 38.6 Å². The molecule has 37 heavy (non-hydrogen) atoms. The van der Waals surface area contributed by atoms with E-state index in [4.69, 9.17) is 21.2 Å². The third kappa shape index (κ3) is 7.23. The first kappa shape index (κ1) is 28.5. The summed E-state index contributed by atoms with van der Waals surface area (Å²) in [6.07, 6.45) is 5.14. The minimum Gasteiger partial charge on any atom is -0.412 e. The fourth-order valence-corrected chi connectivity index (χ4v) is 5.67. The Balaban J connectivity index is 0.00000380. The Kier molecular flexibility index (Phi) is 9.94. The molecule has 0 aliphatic carbocycles. The van der Waals surface area contributed by atoms with Crippen molar-refractivity contribution in [2.75, 3.05) is 24.7 Å². The highest BCUT2D eigenvalue weighted by molar-refractivity contribution is 7.09. The molecule has 0 aromatic carbocycles. The highest BCUT2D eigenvalue weighted by atomic mass is 32.1. The predicted molar refractivity (Wildman–Crippen MR) is 142 cm³/mol. The number of aryl methyl sites for hydroxylation is 2. The number of nitrogens with two attached hydrogens (primary N) is 2. The maximum absolute atomic E-state index is 6.04. The molecule has 0 fully saturated rings. The third-order valence-electron chi connectivity index (χ3n) is 5.94. The van der Waals surface area contributed by atoms with Crippen LogP contribution in [0.5, 0.6) is 0 Å². The van der Waals surface area contributed by atoms with Crippen LogP contribution in [0.1, 0.15) is 43.9 Å². The molecule has 4 aromatic rings. The molecule has 0 aliphatic rings. The number of hydrogen-bond acceptors (Lipinski definition) is 10. The Labute approximate surface area is 224 Å². The summed E-state index contributed by atoms with van der Waals surface area (Å²) < 4.78 is 4.33. The maximum atomic E-state index is 6.04. The molecule has 13 heteroatoms. The van der Waals surface area contributed by atoms with Crippen molar-refractivity contribution in [2.45, 2.75) is 53.6 Å². The van der Waals surface area contributed by atoms with Gasteiger partial charge in [-0.3, -0.25) is 0 Å². The number of hydrogen-bond donors (Lipinski definition) is 2. The van der Waals surface area contributed by atoms with Crippen LogP contribution in [-0.2, 0) is 35.7 Å². The van der Waals surface area contributed by atoms with Crippen LogP contribution in [0, 0.1) is 27.7 Å². The summed E-state index contributed by atoms with van der Waals surface area (Å²) in [4.78, 5) is 30.4. The number of aromatic nitrogens is 6. The molecule has 0 bridgehead atoms. The molecule has 0 atom stereocenters. The van der Waals surface area contributed by atoms with Crippen molar-refractivity contribution >= 4 is 34.3 Å². The minimum absolute atomic E-state index is 0. The molecule has 198 valence electrons. The Morgan fingerprint density at radius 1 is 0.730 bits per heavy atom. The van der Waals surface area contributed by atoms with Crippen molar-refractivity contribution in [1.82, 2.24) is 19.9 Å². The minimum atomic E-state index is 0. The summed E-state index contributed by atoms with van der Waals surface area (Å²) in [7, 11) is 0. The molecule has 0 aliphatic heterocycles. The molecule has 4 rings (SSSR count). The van der Waals surface area contributed by atoms with Gasteiger partial charge >= 0.3 is 0 Å². The smallest absolute Gasteiger partial charge is 0.225 e. The molecule has 0 saturated carbocycles. The van der Waals surface area contributed by atoms with Crippen LogP contribution in [0.25, 0.3) is 0 Å². The number of nitrogen functional groups attached to an aromatic ring is 2. The lowest BCUT2D eigenvalue weighted by molar-refractivity contribution is -0.689. The predicted octanol–water partition coefficient (Wildman–Crippen LogP) is 1.37. The van der Waals surface area contributed by atoms with E-state index in [-0.39, 0.29) is 5.48 Å². The van der Waals surface area contributed by atoms with Gasteiger partial charge in [0.15, 0.2) is 24.5 Å². The van der Waals surface area contributed by atoms with E-state index in [0.29, 0.717) is 49.6 Å². The topological polar surface area (TPSA) is 161 Å². The quantitative estimate of drug-likeness (QED) is 0.123. The zero-order valence-corrected chi connectivity index (χ0v) is 23.2. The number of nitrogens with zero attached hydrogens (tertiary/aromatic N) is 6. The van der Waals surface area contributed by atoms with E-state index in [1.54, 1.807) is 35.1 Å². The van der Waals surface area contributed by atoms with E-state index in [0.717, 1.165) is 24.0 Å². The van der Waals surface area contributed by atoms with E-state index in [2.05, 4.69) is 53.9 Å². The van der Waals surface area contributed by atoms with Crippen molar-refractivity contribution in [3.8, 4) is 0 Å². The SMILES string of the molecule is Cc1ncc(C[n+]2csc(CCOOCCc3sc[n+](Cc4cnc(C)nc4N)c3C)c2C)c(N)n1.O. The molecule has 4 heterocycles. The molecule has 6 N–H and O–H groups in total. The van der Waals surface area contributed by atoms with E-state index < -0.39 is 0 Å². The summed E-state index contributed by atoms with van der Waals surface area (Å²) in [5, 5.41) is 0. The van der Waals surface area contributed by atoms with Crippen LogP contribution in [0.15, 0.2) is 23.4 Å². The van der Waals surface area contributed by atoms with Crippen LogP contribution >= 0.6 is 22.7 Å². The van der Waals surface area contributed by atoms with Gasteiger partial charge in [0.1, 0.15) is 23.3 Å². The Hall–Kier alpha value is -3.10. The molecule has 0 spiro atoms. The van der Waals surface area contributed by atoms with Gasteiger partial charge < -0.3 is 16.9 Å². The zero-order chi connectivity index (χ0) is 25.7. The molecular formula is C24H34N8O3S2+2. The van der Waals surface area contributed by atoms with E-state index in [1.165, 1.54) is 21.1 Å². The van der Waals surface area contributed by atoms with Gasteiger partial charge in [0.2, 0.25) is 11.0 Å². The Morgan fingerprint density at radius 2 is 1.14 bits per heavy atom. The zero-order valence-electron chi connectivity index (χ0n) is 21.5. The summed E-state index contributed by atoms with van der Waals surface area (Å²) in [5.41, 5.74) is 20.5. The number of anilines is 2. The van der Waals surface area contributed by atoms with Gasteiger partial charge in [-0.1, -0.05) is 22.7 Å². The normalized spacial score (nSPS) is 11.0. The molecule has 0 amide bonds. The van der Waals surface area contributed by atoms with Gasteiger partial charge in [-0.05, 0) is 13.8 Å². The van der Waals surface area contributed by atoms with Gasteiger partial charge in [-0.15, -0.1) is 0 Å². The first-order valence-corrected chi connectivity index (χ1v) is 13.4. The van der Waals surface area contributed by atoms with Crippen LogP contribution in [0.2, 0.25) is 0 Å². The maximum Gasteiger partial charge on any atom is 0.225 e. The van der Waals surface area contributed by atoms with Gasteiger partial charge in [0.05, 0.1) is 34.1 Å². The average molecular weight is 547 g/mol. The van der Waals surface area contributed by atoms with Gasteiger partial charge in [-0.2, -0.15) is 9.13 Å². The fourth-order valence-electron chi connectivity index (χ4n) is 3.72. The van der Waals surface area contributed by atoms with Crippen LogP contribution < -0.4 is 20.6 Å². The second-order valence-corrected chi connectivity index (χ2v) is 10.4. The Morgan fingerprint density at radius 3 is 1.51 bits per heavy atom. The van der Waals surface area contributed by atoms with Gasteiger partial charge in [0, 0.05) is 39.1 Å². The largest absolute Gasteiger partial charge is 0.412 e. The molecule has 4 aromatic heterocycles. The van der Waals surface area contributed by atoms with E-state index in [1.807, 2.05) is 13.8 Å². The second-order valence-electron chi connectivity index (χ2n) is 8.52. The monoisotopic (exact) mass is 546 g/mol. The van der Waals surface area contributed by atoms with Gasteiger partial charge in [-0.25, -0.2) is 29.7 Å². The first-order chi connectivity index (χ1) is 17.3. The van der Waals surface area contributed by atoms with E-state index >= 15 is 0 Å². The summed E-state index contributed by atoms with van der Waals surface area (Å²) in [6.45, 7) is 10.2. The molecule has 0 radical (unpaired) electrons. The lowest BCUT2D eigenvalue weighted by Crippen LogP contribution is -2.35. The molecule has 0 saturated heterocycles. The highest BCUT2D eigenvalue weighted by Crippen LogP contribution is 2.16. The first-order valence-electron chi connectivity index (χ1n) is 11.6. The molecule has 0 unspecified atom stereocenters. The molecular weight excluding hydrogens is 512 g/mol. The Bertz CT molecular complexity index is 1240. The summed E-state index contributed by atoms with van der Waals surface area (Å²) >= 11 is 3.40. The fraction of sp³-hybridized carbons (Fsp3) is 0.417. The van der Waals surface area contributed by atoms with E-state index in [9.17, 15) is 0 Å². The van der Waals surface area contributed by atoms with Crippen LogP contribution in [0.3, 0.4) is 0 Å². The van der Waals surface area contributed by atoms with Crippen molar-refractivity contribution in [3.63, 3.8) is 0 Å². The van der Waals surface area contributed by atoms with Crippen molar-refractivity contribution in [3.05, 3.63) is 67.3 Å². The lowest BCUT2D eigenvalue weighted by Gasteiger charge is -2.04. The van der Waals surface area contributed by atoms with Crippen molar-refractivity contribution in [2.24, 2.45) is 0 Å². The third-order valence-corrected chi connectivity index (χ3v) is 8.23. The molecule has 11 nitrogen and oxygen atoms in total. The lowest BCUT2D eigenvalue weighted by atomic mass is 10.2. The highest BCUT2D eigenvalue weighted by Gasteiger charge is 2.19. The standard InChI is InChI=1S/C24H32N8O2S2.H2O/c1-15-21(35-13-31(15)11-19-9-27-17(3)29-23(19)25)5-7-33-34-8-6-22-16(2)32(14-36-22)12-20-10-28-18(4)30-24(20)26;/h9-10,13-14H,5-8,11-12H2,1-4H3,(H2,25,27,29)(H2,26,28,30);1H2/q+2;.